The molecule has 1 atom stereocenters. The van der Waals surface area contributed by atoms with Gasteiger partial charge in [-0.15, -0.1) is 12.4 Å². The number of ether oxygens (including phenoxy) is 1. The normalized spacial score (nSPS) is 11.5. The second kappa shape index (κ2) is 6.24. The van der Waals surface area contributed by atoms with Crippen molar-refractivity contribution in [2.45, 2.75) is 6.04 Å². The Labute approximate surface area is 104 Å². The van der Waals surface area contributed by atoms with Crippen LogP contribution in [-0.2, 0) is 0 Å². The molecule has 96 valence electrons. The van der Waals surface area contributed by atoms with Gasteiger partial charge in [-0.1, -0.05) is 0 Å². The van der Waals surface area contributed by atoms with E-state index in [0.29, 0.717) is 0 Å². The van der Waals surface area contributed by atoms with Crippen LogP contribution in [0.15, 0.2) is 12.1 Å². The Morgan fingerprint density at radius 2 is 2.18 bits per heavy atom. The van der Waals surface area contributed by atoms with Gasteiger partial charge >= 0.3 is 0 Å². The molecule has 17 heavy (non-hydrogen) atoms. The van der Waals surface area contributed by atoms with Crippen LogP contribution < -0.4 is 16.2 Å². The minimum Gasteiger partial charge on any atom is -0.504 e. The van der Waals surface area contributed by atoms with Crippen LogP contribution in [0.2, 0.25) is 0 Å². The van der Waals surface area contributed by atoms with Gasteiger partial charge in [0, 0.05) is 24.2 Å². The van der Waals surface area contributed by atoms with Crippen molar-refractivity contribution in [1.82, 2.24) is 0 Å². The number of benzene rings is 1. The Hall–Kier alpha value is -1.57. The zero-order valence-corrected chi connectivity index (χ0v) is 9.94. The van der Waals surface area contributed by atoms with E-state index >= 15 is 0 Å². The number of nitrogens with zero attached hydrogens (tertiary/aromatic N) is 1. The van der Waals surface area contributed by atoms with Crippen LogP contribution in [0, 0.1) is 10.1 Å². The van der Waals surface area contributed by atoms with Crippen LogP contribution in [0.1, 0.15) is 11.6 Å². The van der Waals surface area contributed by atoms with E-state index in [1.54, 1.807) is 0 Å². The van der Waals surface area contributed by atoms with Crippen molar-refractivity contribution in [1.29, 1.82) is 0 Å². The van der Waals surface area contributed by atoms with Crippen LogP contribution in [0.5, 0.6) is 11.5 Å². The first-order valence-corrected chi connectivity index (χ1v) is 4.52. The van der Waals surface area contributed by atoms with E-state index in [9.17, 15) is 15.2 Å². The molecule has 0 amide bonds. The number of non-ortho nitro benzene ring substituents is 1. The van der Waals surface area contributed by atoms with Crippen molar-refractivity contribution in [2.24, 2.45) is 11.5 Å². The lowest BCUT2D eigenvalue weighted by Crippen LogP contribution is -2.21. The monoisotopic (exact) mass is 263 g/mol. The first-order valence-electron chi connectivity index (χ1n) is 4.52. The molecule has 0 saturated carbocycles. The Kier molecular flexibility index (Phi) is 5.66. The summed E-state index contributed by atoms with van der Waals surface area (Å²) in [4.78, 5) is 10.1. The molecular formula is C9H14ClN3O4. The highest BCUT2D eigenvalue weighted by Gasteiger charge is 2.20. The number of hydrogen-bond acceptors (Lipinski definition) is 6. The topological polar surface area (TPSA) is 125 Å². The van der Waals surface area contributed by atoms with Gasteiger partial charge < -0.3 is 21.3 Å². The smallest absolute Gasteiger partial charge is 0.273 e. The molecule has 7 nitrogen and oxygen atoms in total. The molecule has 0 aromatic heterocycles. The number of nitro groups is 1. The fourth-order valence-corrected chi connectivity index (χ4v) is 1.28. The minimum absolute atomic E-state index is 0. The third-order valence-corrected chi connectivity index (χ3v) is 2.17. The van der Waals surface area contributed by atoms with E-state index in [4.69, 9.17) is 16.2 Å². The van der Waals surface area contributed by atoms with Crippen molar-refractivity contribution in [3.8, 4) is 11.5 Å². The summed E-state index contributed by atoms with van der Waals surface area (Å²) in [6.45, 7) is 0.0673. The fourth-order valence-electron chi connectivity index (χ4n) is 1.28. The highest BCUT2D eigenvalue weighted by molar-refractivity contribution is 5.85. The zero-order valence-electron chi connectivity index (χ0n) is 9.12. The fraction of sp³-hybridized carbons (Fsp3) is 0.333. The number of aromatic hydroxyl groups is 1. The van der Waals surface area contributed by atoms with E-state index in [1.807, 2.05) is 0 Å². The van der Waals surface area contributed by atoms with Crippen LogP contribution in [0.3, 0.4) is 0 Å². The minimum atomic E-state index is -0.672. The average molecular weight is 264 g/mol. The van der Waals surface area contributed by atoms with E-state index in [1.165, 1.54) is 13.2 Å². The molecular weight excluding hydrogens is 250 g/mol. The summed E-state index contributed by atoms with van der Waals surface area (Å²) >= 11 is 0. The van der Waals surface area contributed by atoms with Crippen LogP contribution in [0.25, 0.3) is 0 Å². The molecule has 0 fully saturated rings. The lowest BCUT2D eigenvalue weighted by molar-refractivity contribution is -0.385. The molecule has 0 bridgehead atoms. The summed E-state index contributed by atoms with van der Waals surface area (Å²) in [6.07, 6.45) is 0. The number of phenolic OH excluding ortho intramolecular Hbond substituents is 1. The molecule has 0 saturated heterocycles. The second-order valence-electron chi connectivity index (χ2n) is 3.19. The molecule has 0 aliphatic carbocycles. The molecule has 1 rings (SSSR count). The number of methoxy groups -OCH3 is 1. The van der Waals surface area contributed by atoms with Gasteiger partial charge in [-0.3, -0.25) is 10.1 Å². The molecule has 0 aliphatic heterocycles. The van der Waals surface area contributed by atoms with Crippen molar-refractivity contribution in [2.75, 3.05) is 13.7 Å². The van der Waals surface area contributed by atoms with Gasteiger partial charge in [0.1, 0.15) is 0 Å². The van der Waals surface area contributed by atoms with E-state index in [2.05, 4.69) is 0 Å². The highest BCUT2D eigenvalue weighted by Crippen LogP contribution is 2.36. The van der Waals surface area contributed by atoms with Gasteiger partial charge in [-0.05, 0) is 0 Å². The van der Waals surface area contributed by atoms with E-state index in [0.717, 1.165) is 6.07 Å². The van der Waals surface area contributed by atoms with E-state index < -0.39 is 11.0 Å². The largest absolute Gasteiger partial charge is 0.504 e. The predicted octanol–water partition coefficient (Wildman–Crippen LogP) is 0.689. The first kappa shape index (κ1) is 15.4. The van der Waals surface area contributed by atoms with Crippen LogP contribution in [-0.4, -0.2) is 23.7 Å². The molecule has 8 heteroatoms. The summed E-state index contributed by atoms with van der Waals surface area (Å²) in [5.74, 6) is -0.209. The third kappa shape index (κ3) is 3.19. The van der Waals surface area contributed by atoms with Gasteiger partial charge in [0.2, 0.25) is 0 Å². The van der Waals surface area contributed by atoms with Crippen LogP contribution in [0.4, 0.5) is 5.69 Å². The standard InChI is InChI=1S/C9H13N3O4.ClH/c1-16-8-3-5(12(14)15)2-6(9(8)13)7(11)4-10;/h2-3,7,13H,4,10-11H2,1H3;1H/t7-;/m1./s1. The Morgan fingerprint density at radius 1 is 1.59 bits per heavy atom. The molecule has 0 heterocycles. The number of halogens is 1. The number of nitrogens with two attached hydrogens (primary N) is 2. The molecule has 0 spiro atoms. The molecule has 1 aromatic carbocycles. The van der Waals surface area contributed by atoms with Gasteiger partial charge in [-0.2, -0.15) is 0 Å². The number of phenols is 1. The molecule has 0 radical (unpaired) electrons. The van der Waals surface area contributed by atoms with Crippen molar-refractivity contribution in [3.05, 3.63) is 27.8 Å². The van der Waals surface area contributed by atoms with Gasteiger partial charge in [-0.25, -0.2) is 0 Å². The summed E-state index contributed by atoms with van der Waals surface area (Å²) in [5, 5.41) is 20.4. The maximum atomic E-state index is 10.6. The van der Waals surface area contributed by atoms with Gasteiger partial charge in [0.15, 0.2) is 11.5 Å². The summed E-state index contributed by atoms with van der Waals surface area (Å²) < 4.78 is 4.82. The second-order valence-corrected chi connectivity index (χ2v) is 3.19. The lowest BCUT2D eigenvalue weighted by atomic mass is 10.1. The van der Waals surface area contributed by atoms with Gasteiger partial charge in [0.05, 0.1) is 18.1 Å². The molecule has 0 unspecified atom stereocenters. The average Bonchev–Trinajstić information content (AvgIpc) is 2.28. The lowest BCUT2D eigenvalue weighted by Gasteiger charge is -2.13. The quantitative estimate of drug-likeness (QED) is 0.542. The van der Waals surface area contributed by atoms with E-state index in [-0.39, 0.29) is 41.7 Å². The predicted molar refractivity (Wildman–Crippen MR) is 64.5 cm³/mol. The third-order valence-electron chi connectivity index (χ3n) is 2.17. The van der Waals surface area contributed by atoms with Crippen molar-refractivity contribution < 1.29 is 14.8 Å². The molecule has 0 aliphatic rings. The zero-order chi connectivity index (χ0) is 12.3. The Balaban J connectivity index is 0.00000256. The number of rotatable bonds is 4. The SMILES string of the molecule is COc1cc([N+](=O)[O-])cc([C@H](N)CN)c1O.Cl. The maximum absolute atomic E-state index is 10.6. The number of hydrogen-bond donors (Lipinski definition) is 3. The van der Waals surface area contributed by atoms with Crippen molar-refractivity contribution >= 4 is 18.1 Å². The first-order chi connectivity index (χ1) is 7.51. The Bertz CT molecular complexity index is 413. The summed E-state index contributed by atoms with van der Waals surface area (Å²) in [7, 11) is 1.30. The summed E-state index contributed by atoms with van der Waals surface area (Å²) in [5.41, 5.74) is 11.0. The van der Waals surface area contributed by atoms with Crippen molar-refractivity contribution in [3.63, 3.8) is 0 Å². The molecule has 1 aromatic rings. The van der Waals surface area contributed by atoms with Crippen LogP contribution >= 0.6 is 12.4 Å². The maximum Gasteiger partial charge on any atom is 0.273 e. The summed E-state index contributed by atoms with van der Waals surface area (Å²) in [6, 6.07) is 1.64. The molecule has 5 N–H and O–H groups in total. The van der Waals surface area contributed by atoms with Gasteiger partial charge in [0.25, 0.3) is 5.69 Å². The number of nitro benzene ring substituents is 1. The highest BCUT2D eigenvalue weighted by atomic mass is 35.5. The Morgan fingerprint density at radius 3 is 2.59 bits per heavy atom.